The van der Waals surface area contributed by atoms with E-state index in [1.165, 1.54) is 18.2 Å². The minimum Gasteiger partial charge on any atom is -0.396 e. The van der Waals surface area contributed by atoms with E-state index in [9.17, 15) is 14.9 Å². The fourth-order valence-electron chi connectivity index (χ4n) is 1.55. The van der Waals surface area contributed by atoms with E-state index in [1.807, 2.05) is 0 Å². The first-order valence-electron chi connectivity index (χ1n) is 5.90. The lowest BCUT2D eigenvalue weighted by molar-refractivity contribution is -0.384. The number of aliphatic hydroxyl groups excluding tert-OH is 1. The van der Waals surface area contributed by atoms with Crippen molar-refractivity contribution in [3.63, 3.8) is 0 Å². The number of nitrogens with zero attached hydrogens (tertiary/aromatic N) is 1. The Morgan fingerprint density at radius 1 is 1.37 bits per heavy atom. The summed E-state index contributed by atoms with van der Waals surface area (Å²) in [6, 6.07) is 4.11. The molecule has 2 N–H and O–H groups in total. The van der Waals surface area contributed by atoms with Gasteiger partial charge in [0.15, 0.2) is 0 Å². The van der Waals surface area contributed by atoms with E-state index in [0.29, 0.717) is 13.0 Å². The third-order valence-electron chi connectivity index (χ3n) is 2.54. The summed E-state index contributed by atoms with van der Waals surface area (Å²) in [5.41, 5.74) is -0.187. The molecule has 0 aliphatic rings. The molecule has 1 aromatic carbocycles. The number of aliphatic hydroxyl groups is 1. The summed E-state index contributed by atoms with van der Waals surface area (Å²) in [7, 11) is 0. The van der Waals surface area contributed by atoms with E-state index in [-0.39, 0.29) is 22.9 Å². The maximum Gasteiger partial charge on any atom is 0.288 e. The first kappa shape index (κ1) is 15.4. The van der Waals surface area contributed by atoms with Crippen LogP contribution in [-0.2, 0) is 0 Å². The molecule has 0 aromatic heterocycles. The van der Waals surface area contributed by atoms with Gasteiger partial charge in [-0.05, 0) is 25.3 Å². The average molecular weight is 287 g/mol. The topological polar surface area (TPSA) is 92.5 Å². The second-order valence-electron chi connectivity index (χ2n) is 3.94. The quantitative estimate of drug-likeness (QED) is 0.456. The van der Waals surface area contributed by atoms with Crippen LogP contribution in [0.3, 0.4) is 0 Å². The Kier molecular flexibility index (Phi) is 6.24. The van der Waals surface area contributed by atoms with Gasteiger partial charge in [0.05, 0.1) is 10.5 Å². The van der Waals surface area contributed by atoms with Crippen molar-refractivity contribution in [2.45, 2.75) is 19.3 Å². The van der Waals surface area contributed by atoms with Crippen LogP contribution in [0.25, 0.3) is 0 Å². The monoisotopic (exact) mass is 286 g/mol. The third-order valence-corrected chi connectivity index (χ3v) is 2.94. The molecule has 19 heavy (non-hydrogen) atoms. The van der Waals surface area contributed by atoms with Crippen LogP contribution in [0.4, 0.5) is 5.69 Å². The highest BCUT2D eigenvalue weighted by Crippen LogP contribution is 2.27. The highest BCUT2D eigenvalue weighted by molar-refractivity contribution is 6.35. The van der Waals surface area contributed by atoms with Gasteiger partial charge < -0.3 is 10.4 Å². The Bertz CT molecular complexity index is 465. The number of amides is 1. The van der Waals surface area contributed by atoms with Crippen LogP contribution >= 0.6 is 11.6 Å². The third kappa shape index (κ3) is 4.50. The maximum atomic E-state index is 11.8. The first-order chi connectivity index (χ1) is 9.07. The minimum absolute atomic E-state index is 0.0954. The molecular weight excluding hydrogens is 272 g/mol. The molecule has 0 saturated heterocycles. The zero-order valence-corrected chi connectivity index (χ0v) is 11.0. The van der Waals surface area contributed by atoms with Crippen molar-refractivity contribution in [1.29, 1.82) is 0 Å². The van der Waals surface area contributed by atoms with Gasteiger partial charge in [-0.1, -0.05) is 17.7 Å². The van der Waals surface area contributed by atoms with Gasteiger partial charge in [0.1, 0.15) is 5.02 Å². The molecule has 6 nitrogen and oxygen atoms in total. The normalized spacial score (nSPS) is 10.2. The van der Waals surface area contributed by atoms with Crippen LogP contribution in [0.1, 0.15) is 29.6 Å². The number of unbranched alkanes of at least 4 members (excludes halogenated alkanes) is 2. The summed E-state index contributed by atoms with van der Waals surface area (Å²) >= 11 is 5.83. The Labute approximate surface area is 115 Å². The summed E-state index contributed by atoms with van der Waals surface area (Å²) < 4.78 is 0. The molecule has 0 unspecified atom stereocenters. The molecule has 0 bridgehead atoms. The Morgan fingerprint density at radius 2 is 2.11 bits per heavy atom. The number of carbonyl (C=O) groups is 1. The van der Waals surface area contributed by atoms with Crippen LogP contribution in [0.2, 0.25) is 5.02 Å². The molecule has 1 amide bonds. The Balaban J connectivity index is 2.62. The highest BCUT2D eigenvalue weighted by atomic mass is 35.5. The first-order valence-corrected chi connectivity index (χ1v) is 6.27. The Hall–Kier alpha value is -1.66. The lowest BCUT2D eigenvalue weighted by Crippen LogP contribution is -2.24. The van der Waals surface area contributed by atoms with E-state index < -0.39 is 10.8 Å². The standard InChI is InChI=1S/C12H15ClN2O4/c13-11-9(5-4-6-10(11)15(18)19)12(17)14-7-2-1-3-8-16/h4-6,16H,1-3,7-8H2,(H,14,17). The molecule has 0 fully saturated rings. The second-order valence-corrected chi connectivity index (χ2v) is 4.31. The molecule has 104 valence electrons. The lowest BCUT2D eigenvalue weighted by Gasteiger charge is -2.06. The summed E-state index contributed by atoms with van der Waals surface area (Å²) in [6.45, 7) is 0.572. The molecule has 0 spiro atoms. The number of nitro groups is 1. The molecular formula is C12H15ClN2O4. The van der Waals surface area contributed by atoms with E-state index in [2.05, 4.69) is 5.32 Å². The molecule has 0 heterocycles. The van der Waals surface area contributed by atoms with Crippen LogP contribution in [0.5, 0.6) is 0 Å². The second kappa shape index (κ2) is 7.70. The summed E-state index contributed by atoms with van der Waals surface area (Å²) in [5.74, 6) is -0.433. The van der Waals surface area contributed by atoms with Crippen molar-refractivity contribution in [1.82, 2.24) is 5.32 Å². The number of halogens is 1. The zero-order chi connectivity index (χ0) is 14.3. The molecule has 0 aliphatic carbocycles. The fraction of sp³-hybridized carbons (Fsp3) is 0.417. The van der Waals surface area contributed by atoms with E-state index in [1.54, 1.807) is 0 Å². The van der Waals surface area contributed by atoms with Crippen LogP contribution < -0.4 is 5.32 Å². The lowest BCUT2D eigenvalue weighted by atomic mass is 10.2. The van der Waals surface area contributed by atoms with E-state index in [4.69, 9.17) is 16.7 Å². The predicted molar refractivity (Wildman–Crippen MR) is 71.4 cm³/mol. The number of nitrogens with one attached hydrogen (secondary N) is 1. The van der Waals surface area contributed by atoms with Crippen LogP contribution in [0, 0.1) is 10.1 Å². The average Bonchev–Trinajstić information content (AvgIpc) is 2.38. The van der Waals surface area contributed by atoms with Gasteiger partial charge in [0.2, 0.25) is 0 Å². The summed E-state index contributed by atoms with van der Waals surface area (Å²) in [4.78, 5) is 21.9. The minimum atomic E-state index is -0.625. The van der Waals surface area contributed by atoms with Crippen molar-refractivity contribution < 1.29 is 14.8 Å². The molecule has 0 atom stereocenters. The van der Waals surface area contributed by atoms with Gasteiger partial charge in [-0.25, -0.2) is 0 Å². The fourth-order valence-corrected chi connectivity index (χ4v) is 1.83. The molecule has 1 aromatic rings. The smallest absolute Gasteiger partial charge is 0.288 e. The summed E-state index contributed by atoms with van der Waals surface area (Å²) in [6.07, 6.45) is 2.23. The van der Waals surface area contributed by atoms with Gasteiger partial charge in [0.25, 0.3) is 11.6 Å². The van der Waals surface area contributed by atoms with Crippen molar-refractivity contribution in [3.8, 4) is 0 Å². The van der Waals surface area contributed by atoms with E-state index >= 15 is 0 Å². The summed E-state index contributed by atoms with van der Waals surface area (Å²) in [5, 5.41) is 21.8. The number of hydrogen-bond acceptors (Lipinski definition) is 4. The number of hydrogen-bond donors (Lipinski definition) is 2. The van der Waals surface area contributed by atoms with Crippen molar-refractivity contribution in [3.05, 3.63) is 38.9 Å². The molecule has 0 aliphatic heterocycles. The molecule has 0 saturated carbocycles. The van der Waals surface area contributed by atoms with Gasteiger partial charge in [-0.15, -0.1) is 0 Å². The maximum absolute atomic E-state index is 11.8. The van der Waals surface area contributed by atoms with Crippen molar-refractivity contribution in [2.75, 3.05) is 13.2 Å². The SMILES string of the molecule is O=C(NCCCCCO)c1cccc([N+](=O)[O-])c1Cl. The molecule has 0 radical (unpaired) electrons. The van der Waals surface area contributed by atoms with E-state index in [0.717, 1.165) is 12.8 Å². The van der Waals surface area contributed by atoms with Crippen molar-refractivity contribution >= 4 is 23.2 Å². The van der Waals surface area contributed by atoms with Crippen molar-refractivity contribution in [2.24, 2.45) is 0 Å². The van der Waals surface area contributed by atoms with Gasteiger partial charge in [-0.3, -0.25) is 14.9 Å². The van der Waals surface area contributed by atoms with Gasteiger partial charge in [0, 0.05) is 19.2 Å². The van der Waals surface area contributed by atoms with Crippen LogP contribution in [-0.4, -0.2) is 29.1 Å². The molecule has 7 heteroatoms. The predicted octanol–water partition coefficient (Wildman–Crippen LogP) is 2.14. The largest absolute Gasteiger partial charge is 0.396 e. The number of benzene rings is 1. The molecule has 1 rings (SSSR count). The van der Waals surface area contributed by atoms with Crippen LogP contribution in [0.15, 0.2) is 18.2 Å². The number of nitro benzene ring substituents is 1. The number of rotatable bonds is 7. The Morgan fingerprint density at radius 3 is 2.74 bits per heavy atom. The van der Waals surface area contributed by atoms with Gasteiger partial charge >= 0.3 is 0 Å². The van der Waals surface area contributed by atoms with Gasteiger partial charge in [-0.2, -0.15) is 0 Å². The number of carbonyl (C=O) groups excluding carboxylic acids is 1. The zero-order valence-electron chi connectivity index (χ0n) is 10.3. The highest BCUT2D eigenvalue weighted by Gasteiger charge is 2.19.